The van der Waals surface area contributed by atoms with Gasteiger partial charge in [0, 0.05) is 32.7 Å². The summed E-state index contributed by atoms with van der Waals surface area (Å²) in [5, 5.41) is 12.6. The number of nitrogens with one attached hydrogen (secondary N) is 1. The van der Waals surface area contributed by atoms with E-state index in [1.165, 1.54) is 5.56 Å². The van der Waals surface area contributed by atoms with Gasteiger partial charge in [-0.2, -0.15) is 5.26 Å². The predicted octanol–water partition coefficient (Wildman–Crippen LogP) is 1.42. The molecule has 4 heteroatoms. The number of nitrogens with zero attached hydrogens (tertiary/aromatic N) is 3. The lowest BCUT2D eigenvalue weighted by Gasteiger charge is -2.34. The minimum absolute atomic E-state index is 0.792. The second kappa shape index (κ2) is 6.55. The molecule has 4 nitrogen and oxygen atoms in total. The summed E-state index contributed by atoms with van der Waals surface area (Å²) in [4.78, 5) is 4.64. The van der Waals surface area contributed by atoms with Crippen LogP contribution in [0, 0.1) is 11.3 Å². The molecule has 2 rings (SSSR count). The smallest absolute Gasteiger partial charge is 0.101 e. The van der Waals surface area contributed by atoms with Crippen LogP contribution in [0.25, 0.3) is 0 Å². The van der Waals surface area contributed by atoms with Crippen LogP contribution in [0.15, 0.2) is 18.2 Å². The summed E-state index contributed by atoms with van der Waals surface area (Å²) in [6.45, 7) is 7.98. The van der Waals surface area contributed by atoms with Crippen molar-refractivity contribution in [3.63, 3.8) is 0 Å². The van der Waals surface area contributed by atoms with E-state index < -0.39 is 0 Å². The zero-order valence-corrected chi connectivity index (χ0v) is 11.8. The Morgan fingerprint density at radius 1 is 1.26 bits per heavy atom. The third-order valence-corrected chi connectivity index (χ3v) is 3.60. The average Bonchev–Trinajstić information content (AvgIpc) is 2.46. The van der Waals surface area contributed by atoms with Gasteiger partial charge < -0.3 is 15.1 Å². The highest BCUT2D eigenvalue weighted by Crippen LogP contribution is 2.22. The van der Waals surface area contributed by atoms with Crippen LogP contribution in [0.1, 0.15) is 18.1 Å². The fraction of sp³-hybridized carbons (Fsp3) is 0.533. The number of likely N-dealkylation sites (N-methyl/N-ethyl adjacent to an activating group) is 1. The van der Waals surface area contributed by atoms with Crippen LogP contribution in [0.5, 0.6) is 0 Å². The zero-order valence-electron chi connectivity index (χ0n) is 11.8. The molecule has 0 radical (unpaired) electrons. The third-order valence-electron chi connectivity index (χ3n) is 3.60. The predicted molar refractivity (Wildman–Crippen MR) is 78.2 cm³/mol. The maximum atomic E-state index is 9.34. The lowest BCUT2D eigenvalue weighted by Crippen LogP contribution is -2.44. The lowest BCUT2D eigenvalue weighted by atomic mass is 10.1. The molecular weight excluding hydrogens is 236 g/mol. The molecule has 1 aliphatic heterocycles. The molecule has 0 aliphatic carbocycles. The Morgan fingerprint density at radius 3 is 2.63 bits per heavy atom. The van der Waals surface area contributed by atoms with Crippen molar-refractivity contribution in [1.82, 2.24) is 10.2 Å². The maximum absolute atomic E-state index is 9.34. The number of hydrogen-bond donors (Lipinski definition) is 1. The van der Waals surface area contributed by atoms with E-state index in [0.29, 0.717) is 0 Å². The van der Waals surface area contributed by atoms with Gasteiger partial charge in [0.2, 0.25) is 0 Å². The highest BCUT2D eigenvalue weighted by molar-refractivity contribution is 5.60. The van der Waals surface area contributed by atoms with Crippen molar-refractivity contribution < 1.29 is 0 Å². The summed E-state index contributed by atoms with van der Waals surface area (Å²) in [6.07, 6.45) is 0. The molecule has 0 unspecified atom stereocenters. The molecule has 0 amide bonds. The molecule has 0 aromatic heterocycles. The fourth-order valence-corrected chi connectivity index (χ4v) is 2.38. The molecule has 0 saturated carbocycles. The van der Waals surface area contributed by atoms with Crippen molar-refractivity contribution in [2.24, 2.45) is 0 Å². The largest absolute Gasteiger partial charge is 0.368 e. The highest BCUT2D eigenvalue weighted by Gasteiger charge is 2.17. The average molecular weight is 258 g/mol. The number of benzene rings is 1. The maximum Gasteiger partial charge on any atom is 0.101 e. The van der Waals surface area contributed by atoms with Gasteiger partial charge in [-0.05, 0) is 31.3 Å². The molecule has 102 valence electrons. The van der Waals surface area contributed by atoms with E-state index in [9.17, 15) is 5.26 Å². The van der Waals surface area contributed by atoms with Crippen molar-refractivity contribution in [3.05, 3.63) is 29.3 Å². The first-order chi connectivity index (χ1) is 9.24. The molecule has 1 saturated heterocycles. The van der Waals surface area contributed by atoms with Gasteiger partial charge in [0.05, 0.1) is 11.3 Å². The number of piperazine rings is 1. The second-order valence-electron chi connectivity index (χ2n) is 5.03. The monoisotopic (exact) mass is 258 g/mol. The van der Waals surface area contributed by atoms with Gasteiger partial charge in [-0.1, -0.05) is 13.0 Å². The highest BCUT2D eigenvalue weighted by atomic mass is 15.2. The first-order valence-electron chi connectivity index (χ1n) is 6.92. The fourth-order valence-electron chi connectivity index (χ4n) is 2.38. The number of nitriles is 1. The summed E-state index contributed by atoms with van der Waals surface area (Å²) < 4.78 is 0. The summed E-state index contributed by atoms with van der Waals surface area (Å²) in [5.41, 5.74) is 3.05. The minimum Gasteiger partial charge on any atom is -0.368 e. The molecule has 1 N–H and O–H groups in total. The van der Waals surface area contributed by atoms with E-state index in [2.05, 4.69) is 47.3 Å². The van der Waals surface area contributed by atoms with Gasteiger partial charge in [0.1, 0.15) is 6.07 Å². The Morgan fingerprint density at radius 2 is 2.00 bits per heavy atom. The van der Waals surface area contributed by atoms with Crippen LogP contribution >= 0.6 is 0 Å². The van der Waals surface area contributed by atoms with Crippen LogP contribution in [-0.4, -0.2) is 44.7 Å². The van der Waals surface area contributed by atoms with Crippen molar-refractivity contribution >= 4 is 5.69 Å². The van der Waals surface area contributed by atoms with Crippen molar-refractivity contribution in [2.75, 3.05) is 44.7 Å². The quantitative estimate of drug-likeness (QED) is 0.887. The molecule has 1 aliphatic rings. The van der Waals surface area contributed by atoms with Crippen LogP contribution in [0.4, 0.5) is 5.69 Å². The molecule has 0 bridgehead atoms. The molecule has 0 atom stereocenters. The van der Waals surface area contributed by atoms with E-state index in [4.69, 9.17) is 0 Å². The van der Waals surface area contributed by atoms with E-state index in [0.717, 1.165) is 50.5 Å². The van der Waals surface area contributed by atoms with Gasteiger partial charge in [0.15, 0.2) is 0 Å². The minimum atomic E-state index is 0.792. The van der Waals surface area contributed by atoms with Crippen molar-refractivity contribution in [3.8, 4) is 6.07 Å². The summed E-state index contributed by atoms with van der Waals surface area (Å²) in [6, 6.07) is 8.56. The molecule has 1 heterocycles. The van der Waals surface area contributed by atoms with Crippen molar-refractivity contribution in [2.45, 2.75) is 13.5 Å². The van der Waals surface area contributed by atoms with Gasteiger partial charge in [-0.15, -0.1) is 0 Å². The lowest BCUT2D eigenvalue weighted by molar-refractivity contribution is 0.313. The van der Waals surface area contributed by atoms with Crippen LogP contribution in [0.3, 0.4) is 0 Å². The van der Waals surface area contributed by atoms with Crippen LogP contribution in [-0.2, 0) is 6.54 Å². The Hall–Kier alpha value is -1.57. The second-order valence-corrected chi connectivity index (χ2v) is 5.03. The number of hydrogen-bond acceptors (Lipinski definition) is 4. The zero-order chi connectivity index (χ0) is 13.7. The summed E-state index contributed by atoms with van der Waals surface area (Å²) in [7, 11) is 2.14. The SMILES string of the molecule is CCNCc1ccc(N2CCN(C)CC2)c(C#N)c1. The van der Waals surface area contributed by atoms with Crippen molar-refractivity contribution in [1.29, 1.82) is 5.26 Å². The Bertz CT molecular complexity index is 456. The molecule has 1 aromatic carbocycles. The standard InChI is InChI=1S/C15H22N4/c1-3-17-12-13-4-5-15(14(10-13)11-16)19-8-6-18(2)7-9-19/h4-5,10,17H,3,6-9,12H2,1-2H3. The normalized spacial score (nSPS) is 16.4. The first kappa shape index (κ1) is 13.9. The molecular formula is C15H22N4. The number of rotatable bonds is 4. The van der Waals surface area contributed by atoms with Gasteiger partial charge in [-0.3, -0.25) is 0 Å². The van der Waals surface area contributed by atoms with E-state index in [-0.39, 0.29) is 0 Å². The van der Waals surface area contributed by atoms with Crippen LogP contribution < -0.4 is 10.2 Å². The molecule has 19 heavy (non-hydrogen) atoms. The third kappa shape index (κ3) is 3.46. The summed E-state index contributed by atoms with van der Waals surface area (Å²) >= 11 is 0. The van der Waals surface area contributed by atoms with Gasteiger partial charge in [-0.25, -0.2) is 0 Å². The van der Waals surface area contributed by atoms with Crippen LogP contribution in [0.2, 0.25) is 0 Å². The Balaban J connectivity index is 2.14. The summed E-state index contributed by atoms with van der Waals surface area (Å²) in [5.74, 6) is 0. The molecule has 1 fully saturated rings. The van der Waals surface area contributed by atoms with Gasteiger partial charge in [0.25, 0.3) is 0 Å². The Labute approximate surface area is 115 Å². The molecule has 0 spiro atoms. The van der Waals surface area contributed by atoms with E-state index in [1.807, 2.05) is 6.07 Å². The number of anilines is 1. The topological polar surface area (TPSA) is 42.3 Å². The van der Waals surface area contributed by atoms with E-state index in [1.54, 1.807) is 0 Å². The first-order valence-corrected chi connectivity index (χ1v) is 6.92. The Kier molecular flexibility index (Phi) is 4.78. The van der Waals surface area contributed by atoms with E-state index >= 15 is 0 Å². The van der Waals surface area contributed by atoms with Gasteiger partial charge >= 0.3 is 0 Å². The molecule has 1 aromatic rings.